The van der Waals surface area contributed by atoms with Gasteiger partial charge >= 0.3 is 0 Å². The highest BCUT2D eigenvalue weighted by atomic mass is 16.5. The molecule has 1 fully saturated rings. The Bertz CT molecular complexity index is 1010. The van der Waals surface area contributed by atoms with Crippen molar-refractivity contribution in [3.05, 3.63) is 35.8 Å². The first-order chi connectivity index (χ1) is 14.2. The van der Waals surface area contributed by atoms with Crippen LogP contribution in [0.5, 0.6) is 11.5 Å². The normalized spacial score (nSPS) is 13.7. The molecule has 9 heteroatoms. The smallest absolute Gasteiger partial charge is 0.274 e. The number of hydrogen-bond donors (Lipinski definition) is 1. The van der Waals surface area contributed by atoms with E-state index in [9.17, 15) is 4.79 Å². The first kappa shape index (κ1) is 19.0. The highest BCUT2D eigenvalue weighted by Gasteiger charge is 2.25. The molecule has 1 aliphatic heterocycles. The summed E-state index contributed by atoms with van der Waals surface area (Å²) < 4.78 is 15.9. The molecular weight excluding hydrogens is 374 g/mol. The van der Waals surface area contributed by atoms with Crippen LogP contribution in [0.3, 0.4) is 0 Å². The monoisotopic (exact) mass is 397 g/mol. The van der Waals surface area contributed by atoms with Crippen LogP contribution in [0.15, 0.2) is 29.0 Å². The number of fused-ring (bicyclic) bond motifs is 1. The van der Waals surface area contributed by atoms with E-state index in [-0.39, 0.29) is 11.6 Å². The van der Waals surface area contributed by atoms with Crippen molar-refractivity contribution in [1.29, 1.82) is 0 Å². The summed E-state index contributed by atoms with van der Waals surface area (Å²) in [6.45, 7) is 2.20. The molecule has 1 aromatic carbocycles. The largest absolute Gasteiger partial charge is 0.497 e. The number of aromatic nitrogens is 3. The molecule has 1 N–H and O–H groups in total. The van der Waals surface area contributed by atoms with Crippen molar-refractivity contribution in [2.24, 2.45) is 0 Å². The zero-order valence-electron chi connectivity index (χ0n) is 16.5. The molecule has 3 aromatic rings. The Labute approximate surface area is 168 Å². The van der Waals surface area contributed by atoms with Crippen LogP contribution in [0.1, 0.15) is 28.9 Å². The van der Waals surface area contributed by atoms with Gasteiger partial charge in [0.15, 0.2) is 5.69 Å². The van der Waals surface area contributed by atoms with Crippen molar-refractivity contribution in [3.8, 4) is 11.5 Å². The fraction of sp³-hybridized carbons (Fsp3) is 0.400. The zero-order chi connectivity index (χ0) is 20.2. The number of hydrogen-bond acceptors (Lipinski definition) is 8. The van der Waals surface area contributed by atoms with Gasteiger partial charge in [-0.05, 0) is 43.0 Å². The molecule has 4 rings (SSSR count). The summed E-state index contributed by atoms with van der Waals surface area (Å²) in [5.41, 5.74) is 1.47. The van der Waals surface area contributed by atoms with Crippen LogP contribution >= 0.6 is 0 Å². The van der Waals surface area contributed by atoms with E-state index in [1.807, 2.05) is 18.2 Å². The number of nitrogens with one attached hydrogen (secondary N) is 1. The highest BCUT2D eigenvalue weighted by molar-refractivity contribution is 6.07. The van der Waals surface area contributed by atoms with Crippen molar-refractivity contribution in [3.63, 3.8) is 0 Å². The summed E-state index contributed by atoms with van der Waals surface area (Å²) in [4.78, 5) is 23.4. The molecule has 0 atom stereocenters. The van der Waals surface area contributed by atoms with Gasteiger partial charge in [-0.3, -0.25) is 4.79 Å². The van der Waals surface area contributed by atoms with E-state index in [2.05, 4.69) is 25.3 Å². The number of carbonyl (C=O) groups is 1. The fourth-order valence-electron chi connectivity index (χ4n) is 3.57. The van der Waals surface area contributed by atoms with Gasteiger partial charge in [0.2, 0.25) is 0 Å². The number of anilines is 1. The molecule has 0 spiro atoms. The molecule has 29 heavy (non-hydrogen) atoms. The Hall–Kier alpha value is -3.36. The maximum Gasteiger partial charge on any atom is 0.274 e. The first-order valence-electron chi connectivity index (χ1n) is 9.55. The minimum absolute atomic E-state index is 0.208. The number of rotatable bonds is 7. The molecule has 1 aliphatic rings. The third kappa shape index (κ3) is 3.80. The van der Waals surface area contributed by atoms with Crippen LogP contribution in [-0.2, 0) is 6.42 Å². The molecule has 0 aliphatic carbocycles. The average Bonchev–Trinajstić information content (AvgIpc) is 3.43. The molecule has 0 unspecified atom stereocenters. The zero-order valence-corrected chi connectivity index (χ0v) is 16.5. The van der Waals surface area contributed by atoms with E-state index in [0.29, 0.717) is 29.9 Å². The van der Waals surface area contributed by atoms with Gasteiger partial charge in [0.1, 0.15) is 29.0 Å². The maximum absolute atomic E-state index is 12.8. The minimum atomic E-state index is -0.319. The van der Waals surface area contributed by atoms with E-state index >= 15 is 0 Å². The molecule has 9 nitrogen and oxygen atoms in total. The fourth-order valence-corrected chi connectivity index (χ4v) is 3.57. The summed E-state index contributed by atoms with van der Waals surface area (Å²) >= 11 is 0. The molecule has 152 valence electrons. The number of methoxy groups -OCH3 is 2. The average molecular weight is 397 g/mol. The molecule has 0 bridgehead atoms. The van der Waals surface area contributed by atoms with E-state index in [1.165, 1.54) is 6.33 Å². The van der Waals surface area contributed by atoms with Crippen LogP contribution in [0, 0.1) is 0 Å². The third-order valence-corrected chi connectivity index (χ3v) is 5.04. The molecular formula is C20H23N5O4. The molecule has 1 saturated heterocycles. The topological polar surface area (TPSA) is 103 Å². The quantitative estimate of drug-likeness (QED) is 0.647. The Balaban J connectivity index is 1.50. The number of nitrogens with zero attached hydrogens (tertiary/aromatic N) is 4. The number of ether oxygens (including phenoxy) is 2. The number of carbonyl (C=O) groups excluding carboxylic acids is 1. The second kappa shape index (κ2) is 8.34. The van der Waals surface area contributed by atoms with E-state index < -0.39 is 0 Å². The standard InChI is InChI=1S/C20H23N5O4/c1-27-14-5-6-15(28-2)13(11-14)7-8-21-19(26)17-16-18(25-9-3-4-10-25)22-12-23-20(16)29-24-17/h5-6,11-12H,3-4,7-10H2,1-2H3,(H,21,26). The van der Waals surface area contributed by atoms with Crippen molar-refractivity contribution < 1.29 is 18.8 Å². The first-order valence-corrected chi connectivity index (χ1v) is 9.55. The van der Waals surface area contributed by atoms with E-state index in [0.717, 1.165) is 43.0 Å². The Kier molecular flexibility index (Phi) is 5.46. The van der Waals surface area contributed by atoms with E-state index in [4.69, 9.17) is 14.0 Å². The number of benzene rings is 1. The van der Waals surface area contributed by atoms with Gasteiger partial charge in [0, 0.05) is 19.6 Å². The van der Waals surface area contributed by atoms with Gasteiger partial charge in [-0.2, -0.15) is 4.98 Å². The lowest BCUT2D eigenvalue weighted by molar-refractivity contribution is 0.0946. The second-order valence-electron chi connectivity index (χ2n) is 6.79. The summed E-state index contributed by atoms with van der Waals surface area (Å²) in [6.07, 6.45) is 4.22. The van der Waals surface area contributed by atoms with Crippen molar-refractivity contribution >= 4 is 22.8 Å². The summed E-state index contributed by atoms with van der Waals surface area (Å²) in [6, 6.07) is 5.58. The predicted octanol–water partition coefficient (Wildman–Crippen LogP) is 2.21. The van der Waals surface area contributed by atoms with Crippen molar-refractivity contribution in [2.75, 3.05) is 38.8 Å². The SMILES string of the molecule is COc1ccc(OC)c(CCNC(=O)c2noc3ncnc(N4CCCC4)c23)c1. The number of amides is 1. The second-order valence-corrected chi connectivity index (χ2v) is 6.79. The van der Waals surface area contributed by atoms with Gasteiger partial charge < -0.3 is 24.2 Å². The van der Waals surface area contributed by atoms with Crippen molar-refractivity contribution in [2.45, 2.75) is 19.3 Å². The van der Waals surface area contributed by atoms with Gasteiger partial charge in [-0.1, -0.05) is 5.16 Å². The Morgan fingerprint density at radius 2 is 2.03 bits per heavy atom. The third-order valence-electron chi connectivity index (χ3n) is 5.04. The Morgan fingerprint density at radius 1 is 1.21 bits per heavy atom. The molecule has 1 amide bonds. The van der Waals surface area contributed by atoms with Crippen LogP contribution in [-0.4, -0.2) is 54.9 Å². The molecule has 0 radical (unpaired) electrons. The van der Waals surface area contributed by atoms with Crippen molar-refractivity contribution in [1.82, 2.24) is 20.4 Å². The van der Waals surface area contributed by atoms with Crippen LogP contribution in [0.2, 0.25) is 0 Å². The van der Waals surface area contributed by atoms with Crippen LogP contribution in [0.25, 0.3) is 11.1 Å². The van der Waals surface area contributed by atoms with Gasteiger partial charge in [-0.25, -0.2) is 4.98 Å². The van der Waals surface area contributed by atoms with E-state index in [1.54, 1.807) is 14.2 Å². The molecule has 2 aromatic heterocycles. The lowest BCUT2D eigenvalue weighted by Crippen LogP contribution is -2.27. The van der Waals surface area contributed by atoms with Crippen LogP contribution in [0.4, 0.5) is 5.82 Å². The highest BCUT2D eigenvalue weighted by Crippen LogP contribution is 2.29. The summed E-state index contributed by atoms with van der Waals surface area (Å²) in [7, 11) is 3.23. The van der Waals surface area contributed by atoms with Crippen LogP contribution < -0.4 is 19.7 Å². The molecule has 0 saturated carbocycles. The molecule has 3 heterocycles. The summed E-state index contributed by atoms with van der Waals surface area (Å²) in [5.74, 6) is 1.87. The lowest BCUT2D eigenvalue weighted by Gasteiger charge is -2.16. The predicted molar refractivity (Wildman–Crippen MR) is 107 cm³/mol. The lowest BCUT2D eigenvalue weighted by atomic mass is 10.1. The van der Waals surface area contributed by atoms with Gasteiger partial charge in [0.25, 0.3) is 11.6 Å². The minimum Gasteiger partial charge on any atom is -0.497 e. The summed E-state index contributed by atoms with van der Waals surface area (Å²) in [5, 5.41) is 7.41. The Morgan fingerprint density at radius 3 is 2.79 bits per heavy atom. The maximum atomic E-state index is 12.8. The van der Waals surface area contributed by atoms with Gasteiger partial charge in [-0.15, -0.1) is 0 Å². The van der Waals surface area contributed by atoms with Gasteiger partial charge in [0.05, 0.1) is 14.2 Å².